The van der Waals surface area contributed by atoms with Crippen LogP contribution in [0.1, 0.15) is 55.1 Å². The molecule has 0 saturated carbocycles. The van der Waals surface area contributed by atoms with Crippen molar-refractivity contribution in [2.75, 3.05) is 40.3 Å². The van der Waals surface area contributed by atoms with Crippen molar-refractivity contribution in [1.29, 1.82) is 0 Å². The molecule has 1 N–H and O–H groups in total. The summed E-state index contributed by atoms with van der Waals surface area (Å²) in [7, 11) is 0.403. The Labute approximate surface area is 176 Å². The standard InChI is InChI=1S/C22H37N3O3S/c1-16-8-10-25(11-9-16)29(27,28)20-13-19(12-17(2)18(20)3)21(26)23-14-22(4,5)15-24(6)7/h12-13,16H,8-11,14-15H2,1-7H3,(H,23,26). The zero-order valence-corrected chi connectivity index (χ0v) is 19.8. The Morgan fingerprint density at radius 2 is 1.79 bits per heavy atom. The number of nitrogens with one attached hydrogen (secondary N) is 1. The first kappa shape index (κ1) is 23.8. The van der Waals surface area contributed by atoms with E-state index in [1.807, 2.05) is 27.9 Å². The van der Waals surface area contributed by atoms with Crippen molar-refractivity contribution < 1.29 is 13.2 Å². The van der Waals surface area contributed by atoms with Crippen molar-refractivity contribution in [3.05, 3.63) is 28.8 Å². The van der Waals surface area contributed by atoms with Gasteiger partial charge in [-0.2, -0.15) is 4.31 Å². The predicted molar refractivity (Wildman–Crippen MR) is 118 cm³/mol. The molecule has 0 unspecified atom stereocenters. The molecular weight excluding hydrogens is 386 g/mol. The van der Waals surface area contributed by atoms with Crippen molar-refractivity contribution >= 4 is 15.9 Å². The van der Waals surface area contributed by atoms with Gasteiger partial charge in [-0.05, 0) is 75.4 Å². The van der Waals surface area contributed by atoms with Crippen LogP contribution in [-0.4, -0.2) is 63.8 Å². The molecule has 0 radical (unpaired) electrons. The van der Waals surface area contributed by atoms with E-state index >= 15 is 0 Å². The van der Waals surface area contributed by atoms with E-state index in [0.29, 0.717) is 36.7 Å². The highest BCUT2D eigenvalue weighted by Crippen LogP contribution is 2.28. The summed E-state index contributed by atoms with van der Waals surface area (Å²) in [6.45, 7) is 12.5. The summed E-state index contributed by atoms with van der Waals surface area (Å²) in [6, 6.07) is 3.32. The smallest absolute Gasteiger partial charge is 0.251 e. The van der Waals surface area contributed by atoms with Crippen LogP contribution in [0.2, 0.25) is 0 Å². The van der Waals surface area contributed by atoms with Crippen molar-refractivity contribution in [2.24, 2.45) is 11.3 Å². The van der Waals surface area contributed by atoms with E-state index in [0.717, 1.165) is 24.9 Å². The zero-order chi connectivity index (χ0) is 22.0. The van der Waals surface area contributed by atoms with Gasteiger partial charge in [-0.1, -0.05) is 20.8 Å². The normalized spacial score (nSPS) is 17.0. The van der Waals surface area contributed by atoms with Crippen LogP contribution in [0.15, 0.2) is 17.0 Å². The molecule has 1 aromatic carbocycles. The minimum absolute atomic E-state index is 0.0850. The lowest BCUT2D eigenvalue weighted by molar-refractivity contribution is 0.0929. The molecule has 0 bridgehead atoms. The van der Waals surface area contributed by atoms with Gasteiger partial charge in [-0.25, -0.2) is 8.42 Å². The van der Waals surface area contributed by atoms with E-state index in [-0.39, 0.29) is 16.2 Å². The number of sulfonamides is 1. The lowest BCUT2D eigenvalue weighted by atomic mass is 9.93. The van der Waals surface area contributed by atoms with E-state index in [2.05, 4.69) is 31.0 Å². The fourth-order valence-electron chi connectivity index (χ4n) is 3.92. The minimum atomic E-state index is -3.61. The number of carbonyl (C=O) groups excluding carboxylic acids is 1. The lowest BCUT2D eigenvalue weighted by Gasteiger charge is -2.30. The molecule has 1 aromatic rings. The SMILES string of the molecule is Cc1cc(C(=O)NCC(C)(C)CN(C)C)cc(S(=O)(=O)N2CCC(C)CC2)c1C. The third-order valence-electron chi connectivity index (χ3n) is 5.71. The highest BCUT2D eigenvalue weighted by molar-refractivity contribution is 7.89. The van der Waals surface area contributed by atoms with Gasteiger partial charge in [-0.15, -0.1) is 0 Å². The Bertz CT molecular complexity index is 839. The van der Waals surface area contributed by atoms with Crippen molar-refractivity contribution in [2.45, 2.75) is 52.4 Å². The topological polar surface area (TPSA) is 69.7 Å². The van der Waals surface area contributed by atoms with Gasteiger partial charge in [0.05, 0.1) is 4.90 Å². The maximum atomic E-state index is 13.3. The maximum Gasteiger partial charge on any atom is 0.251 e. The molecule has 0 spiro atoms. The minimum Gasteiger partial charge on any atom is -0.351 e. The Morgan fingerprint density at radius 3 is 2.34 bits per heavy atom. The molecule has 1 aliphatic heterocycles. The first-order valence-corrected chi connectivity index (χ1v) is 11.8. The summed E-state index contributed by atoms with van der Waals surface area (Å²) in [5.74, 6) is 0.315. The van der Waals surface area contributed by atoms with Crippen molar-refractivity contribution in [3.63, 3.8) is 0 Å². The average molecular weight is 424 g/mol. The second kappa shape index (κ2) is 9.14. The number of amides is 1. The molecule has 1 saturated heterocycles. The summed E-state index contributed by atoms with van der Waals surface area (Å²) in [5.41, 5.74) is 1.85. The number of hydrogen-bond donors (Lipinski definition) is 1. The second-order valence-corrected chi connectivity index (χ2v) is 11.5. The molecule has 29 heavy (non-hydrogen) atoms. The van der Waals surface area contributed by atoms with E-state index in [4.69, 9.17) is 0 Å². The number of nitrogens with zero attached hydrogens (tertiary/aromatic N) is 2. The van der Waals surface area contributed by atoms with Gasteiger partial charge in [0.2, 0.25) is 10.0 Å². The van der Waals surface area contributed by atoms with Gasteiger partial charge in [0.15, 0.2) is 0 Å². The molecule has 7 heteroatoms. The molecule has 6 nitrogen and oxygen atoms in total. The highest BCUT2D eigenvalue weighted by Gasteiger charge is 2.30. The number of carbonyl (C=O) groups is 1. The van der Waals surface area contributed by atoms with Crippen LogP contribution in [0.4, 0.5) is 0 Å². The van der Waals surface area contributed by atoms with Crippen LogP contribution in [-0.2, 0) is 10.0 Å². The quantitative estimate of drug-likeness (QED) is 0.732. The molecule has 0 aliphatic carbocycles. The Balaban J connectivity index is 2.25. The van der Waals surface area contributed by atoms with E-state index in [9.17, 15) is 13.2 Å². The van der Waals surface area contributed by atoms with Gasteiger partial charge in [0, 0.05) is 31.7 Å². The largest absolute Gasteiger partial charge is 0.351 e. The number of rotatable bonds is 7. The second-order valence-electron chi connectivity index (χ2n) is 9.59. The fourth-order valence-corrected chi connectivity index (χ4v) is 5.72. The van der Waals surface area contributed by atoms with Gasteiger partial charge in [0.25, 0.3) is 5.91 Å². The average Bonchev–Trinajstić information content (AvgIpc) is 2.61. The van der Waals surface area contributed by atoms with Crippen molar-refractivity contribution in [3.8, 4) is 0 Å². The van der Waals surface area contributed by atoms with Crippen molar-refractivity contribution in [1.82, 2.24) is 14.5 Å². The van der Waals surface area contributed by atoms with Crippen LogP contribution in [0.5, 0.6) is 0 Å². The fraction of sp³-hybridized carbons (Fsp3) is 0.682. The maximum absolute atomic E-state index is 13.3. The molecule has 164 valence electrons. The summed E-state index contributed by atoms with van der Waals surface area (Å²) in [6.07, 6.45) is 1.75. The highest BCUT2D eigenvalue weighted by atomic mass is 32.2. The molecule has 0 atom stereocenters. The third-order valence-corrected chi connectivity index (χ3v) is 7.74. The lowest BCUT2D eigenvalue weighted by Crippen LogP contribution is -2.40. The Hall–Kier alpha value is -1.44. The number of piperidine rings is 1. The van der Waals surface area contributed by atoms with Gasteiger partial charge >= 0.3 is 0 Å². The number of benzene rings is 1. The summed E-state index contributed by atoms with van der Waals surface area (Å²) in [4.78, 5) is 15.1. The van der Waals surface area contributed by atoms with Crippen LogP contribution in [0, 0.1) is 25.2 Å². The first-order valence-electron chi connectivity index (χ1n) is 10.4. The van der Waals surface area contributed by atoms with E-state index in [1.165, 1.54) is 0 Å². The Kier molecular flexibility index (Phi) is 7.52. The van der Waals surface area contributed by atoms with Gasteiger partial charge < -0.3 is 10.2 Å². The van der Waals surface area contributed by atoms with E-state index < -0.39 is 10.0 Å². The zero-order valence-electron chi connectivity index (χ0n) is 19.0. The van der Waals surface area contributed by atoms with Gasteiger partial charge in [-0.3, -0.25) is 4.79 Å². The van der Waals surface area contributed by atoms with Crippen LogP contribution in [0.3, 0.4) is 0 Å². The molecule has 0 aromatic heterocycles. The predicted octanol–water partition coefficient (Wildman–Crippen LogP) is 3.04. The first-order chi connectivity index (χ1) is 13.3. The third kappa shape index (κ3) is 6.03. The molecule has 1 heterocycles. The summed E-state index contributed by atoms with van der Waals surface area (Å²) < 4.78 is 28.1. The molecular formula is C22H37N3O3S. The van der Waals surface area contributed by atoms with Crippen LogP contribution in [0.25, 0.3) is 0 Å². The monoisotopic (exact) mass is 423 g/mol. The summed E-state index contributed by atoms with van der Waals surface area (Å²) >= 11 is 0. The molecule has 1 aliphatic rings. The number of hydrogen-bond acceptors (Lipinski definition) is 4. The van der Waals surface area contributed by atoms with Crippen LogP contribution >= 0.6 is 0 Å². The summed E-state index contributed by atoms with van der Waals surface area (Å²) in [5, 5.41) is 2.98. The Morgan fingerprint density at radius 1 is 1.21 bits per heavy atom. The van der Waals surface area contributed by atoms with Gasteiger partial charge in [0.1, 0.15) is 0 Å². The number of aryl methyl sites for hydroxylation is 1. The molecule has 1 fully saturated rings. The molecule has 1 amide bonds. The van der Waals surface area contributed by atoms with Crippen LogP contribution < -0.4 is 5.32 Å². The molecule has 2 rings (SSSR count). The van der Waals surface area contributed by atoms with E-state index in [1.54, 1.807) is 16.4 Å².